The maximum absolute atomic E-state index is 12.1. The Hall–Kier alpha value is -0.940. The summed E-state index contributed by atoms with van der Waals surface area (Å²) in [5.41, 5.74) is 1.09. The highest BCUT2D eigenvalue weighted by Crippen LogP contribution is 2.28. The van der Waals surface area contributed by atoms with E-state index >= 15 is 0 Å². The predicted molar refractivity (Wildman–Crippen MR) is 68.6 cm³/mol. The summed E-state index contributed by atoms with van der Waals surface area (Å²) >= 11 is 3.43. The van der Waals surface area contributed by atoms with Gasteiger partial charge in [-0.2, -0.15) is 0 Å². The molecule has 1 unspecified atom stereocenters. The topological polar surface area (TPSA) is 45.2 Å². The number of anilines is 1. The van der Waals surface area contributed by atoms with Crippen LogP contribution in [0.15, 0.2) is 16.7 Å². The fourth-order valence-corrected chi connectivity index (χ4v) is 2.99. The molecule has 1 fully saturated rings. The predicted octanol–water partition coefficient (Wildman–Crippen LogP) is 2.15. The van der Waals surface area contributed by atoms with Crippen molar-refractivity contribution >= 4 is 27.7 Å². The van der Waals surface area contributed by atoms with Crippen LogP contribution in [0.4, 0.5) is 5.82 Å². The van der Waals surface area contributed by atoms with Crippen LogP contribution in [-0.4, -0.2) is 28.4 Å². The zero-order chi connectivity index (χ0) is 11.8. The number of rotatable bonds is 0. The zero-order valence-electron chi connectivity index (χ0n) is 9.45. The molecule has 4 nitrogen and oxygen atoms in total. The molecule has 5 heteroatoms. The van der Waals surface area contributed by atoms with Crippen molar-refractivity contribution in [2.45, 2.75) is 31.8 Å². The molecule has 1 N–H and O–H groups in total. The van der Waals surface area contributed by atoms with Crippen molar-refractivity contribution in [1.29, 1.82) is 0 Å². The van der Waals surface area contributed by atoms with Crippen molar-refractivity contribution in [2.24, 2.45) is 0 Å². The van der Waals surface area contributed by atoms with Crippen LogP contribution < -0.4 is 5.32 Å². The smallest absolute Gasteiger partial charge is 0.242 e. The van der Waals surface area contributed by atoms with Gasteiger partial charge in [-0.1, -0.05) is 6.42 Å². The summed E-state index contributed by atoms with van der Waals surface area (Å²) in [7, 11) is 0. The molecule has 0 spiro atoms. The van der Waals surface area contributed by atoms with Crippen molar-refractivity contribution in [2.75, 3.05) is 11.9 Å². The van der Waals surface area contributed by atoms with Gasteiger partial charge in [-0.3, -0.25) is 9.69 Å². The molecular weight excluding hydrogens is 282 g/mol. The average molecular weight is 296 g/mol. The first-order valence-corrected chi connectivity index (χ1v) is 6.73. The summed E-state index contributed by atoms with van der Waals surface area (Å²) in [6, 6.07) is 2.07. The van der Waals surface area contributed by atoms with E-state index in [1.165, 1.54) is 6.42 Å². The lowest BCUT2D eigenvalue weighted by Crippen LogP contribution is -2.44. The number of fused-ring (bicyclic) bond motifs is 2. The van der Waals surface area contributed by atoms with E-state index in [1.54, 1.807) is 6.20 Å². The van der Waals surface area contributed by atoms with Crippen LogP contribution in [0.25, 0.3) is 0 Å². The van der Waals surface area contributed by atoms with Crippen LogP contribution in [-0.2, 0) is 11.3 Å². The molecule has 2 aliphatic rings. The summed E-state index contributed by atoms with van der Waals surface area (Å²) in [5, 5.41) is 2.94. The van der Waals surface area contributed by atoms with Gasteiger partial charge >= 0.3 is 0 Å². The Labute approximate surface area is 109 Å². The molecule has 90 valence electrons. The average Bonchev–Trinajstić information content (AvgIpc) is 2.46. The number of carbonyl (C=O) groups excluding carboxylic acids is 1. The first-order chi connectivity index (χ1) is 8.24. The maximum atomic E-state index is 12.1. The number of hydrogen-bond donors (Lipinski definition) is 1. The maximum Gasteiger partial charge on any atom is 0.242 e. The SMILES string of the molecule is O=C1Nc2ncc(Br)cc2CN2CCCCC12. The molecule has 0 aromatic carbocycles. The number of amides is 1. The number of carbonyl (C=O) groups is 1. The van der Waals surface area contributed by atoms with Gasteiger partial charge in [-0.05, 0) is 41.4 Å². The number of halogens is 1. The lowest BCUT2D eigenvalue weighted by Gasteiger charge is -2.32. The molecule has 1 saturated heterocycles. The van der Waals surface area contributed by atoms with E-state index in [4.69, 9.17) is 0 Å². The van der Waals surface area contributed by atoms with Crippen LogP contribution in [0.5, 0.6) is 0 Å². The number of piperidine rings is 1. The molecule has 1 aromatic heterocycles. The molecule has 3 heterocycles. The Bertz CT molecular complexity index is 463. The minimum Gasteiger partial charge on any atom is -0.309 e. The van der Waals surface area contributed by atoms with Crippen LogP contribution in [0, 0.1) is 0 Å². The Balaban J connectivity index is 1.98. The van der Waals surface area contributed by atoms with E-state index in [0.717, 1.165) is 36.0 Å². The largest absolute Gasteiger partial charge is 0.309 e. The van der Waals surface area contributed by atoms with Gasteiger partial charge in [-0.25, -0.2) is 4.98 Å². The molecule has 1 atom stereocenters. The van der Waals surface area contributed by atoms with Crippen LogP contribution in [0.1, 0.15) is 24.8 Å². The second-order valence-corrected chi connectivity index (χ2v) is 5.55. The van der Waals surface area contributed by atoms with E-state index < -0.39 is 0 Å². The minimum atomic E-state index is 0.0247. The fraction of sp³-hybridized carbons (Fsp3) is 0.500. The van der Waals surface area contributed by atoms with Crippen LogP contribution in [0.3, 0.4) is 0 Å². The molecule has 17 heavy (non-hydrogen) atoms. The quantitative estimate of drug-likeness (QED) is 0.798. The van der Waals surface area contributed by atoms with Crippen molar-refractivity contribution in [3.05, 3.63) is 22.3 Å². The van der Waals surface area contributed by atoms with Gasteiger partial charge < -0.3 is 5.32 Å². The Morgan fingerprint density at radius 2 is 2.35 bits per heavy atom. The van der Waals surface area contributed by atoms with Crippen LogP contribution in [0.2, 0.25) is 0 Å². The Kier molecular flexibility index (Phi) is 2.88. The summed E-state index contributed by atoms with van der Waals surface area (Å²) < 4.78 is 0.959. The van der Waals surface area contributed by atoms with Gasteiger partial charge in [0.2, 0.25) is 5.91 Å². The highest BCUT2D eigenvalue weighted by Gasteiger charge is 2.32. The molecule has 0 aliphatic carbocycles. The number of hydrogen-bond acceptors (Lipinski definition) is 3. The molecule has 0 saturated carbocycles. The summed E-state index contributed by atoms with van der Waals surface area (Å²) in [5.74, 6) is 0.811. The molecule has 0 bridgehead atoms. The summed E-state index contributed by atoms with van der Waals surface area (Å²) in [4.78, 5) is 18.6. The van der Waals surface area contributed by atoms with Gasteiger partial charge in [0.05, 0.1) is 6.04 Å². The van der Waals surface area contributed by atoms with E-state index in [0.29, 0.717) is 5.82 Å². The number of pyridine rings is 1. The van der Waals surface area contributed by atoms with Gasteiger partial charge in [0.15, 0.2) is 0 Å². The van der Waals surface area contributed by atoms with E-state index in [1.807, 2.05) is 6.07 Å². The van der Waals surface area contributed by atoms with E-state index in [9.17, 15) is 4.79 Å². The lowest BCUT2D eigenvalue weighted by atomic mass is 10.0. The molecule has 1 aromatic rings. The number of aromatic nitrogens is 1. The highest BCUT2D eigenvalue weighted by molar-refractivity contribution is 9.10. The third kappa shape index (κ3) is 2.09. The molecule has 2 aliphatic heterocycles. The number of nitrogens with zero attached hydrogens (tertiary/aromatic N) is 2. The van der Waals surface area contributed by atoms with Gasteiger partial charge in [0, 0.05) is 22.8 Å². The molecule has 1 amide bonds. The standard InChI is InChI=1S/C12H14BrN3O/c13-9-5-8-7-16-4-2-1-3-10(16)12(17)15-11(8)14-6-9/h5-6,10H,1-4,7H2,(H,14,15,17). The second kappa shape index (κ2) is 4.38. The van der Waals surface area contributed by atoms with Crippen molar-refractivity contribution < 1.29 is 4.79 Å². The summed E-state index contributed by atoms with van der Waals surface area (Å²) in [6.45, 7) is 1.81. The van der Waals surface area contributed by atoms with E-state index in [2.05, 4.69) is 31.1 Å². The molecule has 0 radical (unpaired) electrons. The van der Waals surface area contributed by atoms with Gasteiger partial charge in [0.25, 0.3) is 0 Å². The fourth-order valence-electron chi connectivity index (χ4n) is 2.61. The minimum absolute atomic E-state index is 0.0247. The van der Waals surface area contributed by atoms with Gasteiger partial charge in [0.1, 0.15) is 5.82 Å². The highest BCUT2D eigenvalue weighted by atomic mass is 79.9. The van der Waals surface area contributed by atoms with Gasteiger partial charge in [-0.15, -0.1) is 0 Å². The first kappa shape index (κ1) is 11.2. The first-order valence-electron chi connectivity index (χ1n) is 5.93. The van der Waals surface area contributed by atoms with Crippen molar-refractivity contribution in [1.82, 2.24) is 9.88 Å². The van der Waals surface area contributed by atoms with Crippen molar-refractivity contribution in [3.63, 3.8) is 0 Å². The Morgan fingerprint density at radius 1 is 1.47 bits per heavy atom. The molecule has 3 rings (SSSR count). The lowest BCUT2D eigenvalue weighted by molar-refractivity contribution is -0.122. The second-order valence-electron chi connectivity index (χ2n) is 4.63. The number of nitrogens with one attached hydrogen (secondary N) is 1. The molecular formula is C12H14BrN3O. The third-order valence-electron chi connectivity index (χ3n) is 3.46. The monoisotopic (exact) mass is 295 g/mol. The van der Waals surface area contributed by atoms with Crippen LogP contribution >= 0.6 is 15.9 Å². The third-order valence-corrected chi connectivity index (χ3v) is 3.90. The van der Waals surface area contributed by atoms with E-state index in [-0.39, 0.29) is 11.9 Å². The normalized spacial score (nSPS) is 24.5. The van der Waals surface area contributed by atoms with Crippen molar-refractivity contribution in [3.8, 4) is 0 Å². The summed E-state index contributed by atoms with van der Waals surface area (Å²) in [6.07, 6.45) is 5.01. The Morgan fingerprint density at radius 3 is 3.24 bits per heavy atom. The zero-order valence-corrected chi connectivity index (χ0v) is 11.0.